The van der Waals surface area contributed by atoms with Gasteiger partial charge in [0, 0.05) is 39.8 Å². The summed E-state index contributed by atoms with van der Waals surface area (Å²) in [4.78, 5) is 17.1. The minimum atomic E-state index is -0.738. The quantitative estimate of drug-likeness (QED) is 0.397. The van der Waals surface area contributed by atoms with E-state index in [2.05, 4.69) is 20.5 Å². The number of aliphatic hydroxyl groups excluding tert-OH is 1. The Morgan fingerprint density at radius 1 is 1.19 bits per heavy atom. The van der Waals surface area contributed by atoms with E-state index in [1.807, 2.05) is 6.92 Å². The molecule has 3 N–H and O–H groups in total. The van der Waals surface area contributed by atoms with E-state index < -0.39 is 17.8 Å². The molecule has 2 heterocycles. The van der Waals surface area contributed by atoms with Crippen LogP contribution in [0.15, 0.2) is 67.1 Å². The lowest BCUT2D eigenvalue weighted by molar-refractivity contribution is 0.0912. The van der Waals surface area contributed by atoms with Crippen molar-refractivity contribution in [2.45, 2.75) is 13.0 Å². The summed E-state index contributed by atoms with van der Waals surface area (Å²) in [5, 5.41) is 19.8. The van der Waals surface area contributed by atoms with Crippen molar-refractivity contribution in [1.29, 1.82) is 0 Å². The lowest BCUT2D eigenvalue weighted by Gasteiger charge is -2.19. The molecule has 0 aliphatic rings. The van der Waals surface area contributed by atoms with E-state index in [0.29, 0.717) is 21.7 Å². The number of amides is 1. The zero-order chi connectivity index (χ0) is 22.7. The number of benzene rings is 2. The largest absolute Gasteiger partial charge is 0.394 e. The van der Waals surface area contributed by atoms with Crippen LogP contribution in [0.2, 0.25) is 5.02 Å². The summed E-state index contributed by atoms with van der Waals surface area (Å²) in [6, 6.07) is 12.6. The molecule has 0 fully saturated rings. The molecule has 2 aromatic carbocycles. The summed E-state index contributed by atoms with van der Waals surface area (Å²) in [6.07, 6.45) is 4.75. The number of halogens is 2. The maximum absolute atomic E-state index is 15.8. The number of hydrogen-bond donors (Lipinski definition) is 3. The maximum atomic E-state index is 15.8. The van der Waals surface area contributed by atoms with E-state index in [9.17, 15) is 9.90 Å². The van der Waals surface area contributed by atoms with Crippen molar-refractivity contribution in [3.8, 4) is 22.3 Å². The van der Waals surface area contributed by atoms with Crippen LogP contribution < -0.4 is 5.32 Å². The second-order valence-corrected chi connectivity index (χ2v) is 7.70. The lowest BCUT2D eigenvalue weighted by Crippen LogP contribution is -2.31. The molecule has 0 saturated carbocycles. The summed E-state index contributed by atoms with van der Waals surface area (Å²) >= 11 is 6.02. The van der Waals surface area contributed by atoms with Crippen molar-refractivity contribution < 1.29 is 14.3 Å². The van der Waals surface area contributed by atoms with Gasteiger partial charge < -0.3 is 10.4 Å². The Balaban J connectivity index is 1.77. The summed E-state index contributed by atoms with van der Waals surface area (Å²) < 4.78 is 15.8. The molecule has 0 saturated heterocycles. The zero-order valence-electron chi connectivity index (χ0n) is 17.1. The van der Waals surface area contributed by atoms with Crippen LogP contribution in [0.4, 0.5) is 4.39 Å². The fraction of sp³-hybridized carbons (Fsp3) is 0.125. The number of aromatic amines is 1. The SMILES string of the molecule is Cc1[nH]ncc1-c1ccc(C(=O)NC(CO)c2cccc(Cl)c2)c(F)c1-c1cccnc1. The van der Waals surface area contributed by atoms with Crippen LogP contribution in [0.3, 0.4) is 0 Å². The van der Waals surface area contributed by atoms with Gasteiger partial charge in [-0.25, -0.2) is 4.39 Å². The number of carbonyl (C=O) groups excluding carboxylic acids is 1. The third kappa shape index (κ3) is 4.26. The first-order valence-corrected chi connectivity index (χ1v) is 10.3. The minimum Gasteiger partial charge on any atom is -0.394 e. The van der Waals surface area contributed by atoms with Crippen molar-refractivity contribution in [3.05, 3.63) is 94.8 Å². The third-order valence-corrected chi connectivity index (χ3v) is 5.43. The highest BCUT2D eigenvalue weighted by molar-refractivity contribution is 6.30. The van der Waals surface area contributed by atoms with Gasteiger partial charge in [0.25, 0.3) is 5.91 Å². The first kappa shape index (κ1) is 21.7. The number of aromatic nitrogens is 3. The van der Waals surface area contributed by atoms with Crippen molar-refractivity contribution in [2.24, 2.45) is 0 Å². The Kier molecular flexibility index (Phi) is 6.30. The van der Waals surface area contributed by atoms with Gasteiger partial charge in [-0.15, -0.1) is 0 Å². The van der Waals surface area contributed by atoms with Gasteiger partial charge in [0.1, 0.15) is 5.82 Å². The molecule has 32 heavy (non-hydrogen) atoms. The molecule has 0 radical (unpaired) electrons. The Labute approximate surface area is 189 Å². The van der Waals surface area contributed by atoms with Gasteiger partial charge in [0.2, 0.25) is 0 Å². The van der Waals surface area contributed by atoms with E-state index in [0.717, 1.165) is 11.3 Å². The molecule has 0 aliphatic carbocycles. The molecular weight excluding hydrogens is 431 g/mol. The standard InChI is InChI=1S/C24H20ClFN4O2/c1-14-20(12-28-30-14)18-7-8-19(23(26)22(18)16-5-3-9-27-11-16)24(32)29-21(13-31)15-4-2-6-17(25)10-15/h2-12,21,31H,13H2,1H3,(H,28,30)(H,29,32). The number of nitrogens with zero attached hydrogens (tertiary/aromatic N) is 2. The zero-order valence-corrected chi connectivity index (χ0v) is 17.9. The van der Waals surface area contributed by atoms with Crippen molar-refractivity contribution in [2.75, 3.05) is 6.61 Å². The Morgan fingerprint density at radius 2 is 2.03 bits per heavy atom. The van der Waals surface area contributed by atoms with Crippen LogP contribution in [0.5, 0.6) is 0 Å². The van der Waals surface area contributed by atoms with Gasteiger partial charge in [0.05, 0.1) is 24.4 Å². The molecule has 8 heteroatoms. The molecule has 4 aromatic rings. The van der Waals surface area contributed by atoms with Gasteiger partial charge in [-0.05, 0) is 42.3 Å². The minimum absolute atomic E-state index is 0.144. The normalized spacial score (nSPS) is 11.9. The monoisotopic (exact) mass is 450 g/mol. The predicted octanol–water partition coefficient (Wildman–Crippen LogP) is 4.70. The number of aliphatic hydroxyl groups is 1. The summed E-state index contributed by atoms with van der Waals surface area (Å²) in [7, 11) is 0. The summed E-state index contributed by atoms with van der Waals surface area (Å²) in [5.41, 5.74) is 3.34. The highest BCUT2D eigenvalue weighted by atomic mass is 35.5. The van der Waals surface area contributed by atoms with Gasteiger partial charge in [-0.3, -0.25) is 14.9 Å². The second-order valence-electron chi connectivity index (χ2n) is 7.26. The molecule has 2 aromatic heterocycles. The van der Waals surface area contributed by atoms with Crippen molar-refractivity contribution >= 4 is 17.5 Å². The average Bonchev–Trinajstić information content (AvgIpc) is 3.23. The molecule has 0 spiro atoms. The topological polar surface area (TPSA) is 90.9 Å². The van der Waals surface area contributed by atoms with E-state index in [1.165, 1.54) is 6.07 Å². The van der Waals surface area contributed by atoms with Crippen molar-refractivity contribution in [3.63, 3.8) is 0 Å². The van der Waals surface area contributed by atoms with Crippen LogP contribution in [0.1, 0.15) is 27.7 Å². The summed E-state index contributed by atoms with van der Waals surface area (Å²) in [6.45, 7) is 1.47. The molecule has 4 rings (SSSR count). The van der Waals surface area contributed by atoms with Gasteiger partial charge in [-0.1, -0.05) is 35.9 Å². The lowest BCUT2D eigenvalue weighted by atomic mass is 9.92. The van der Waals surface area contributed by atoms with E-state index in [4.69, 9.17) is 11.6 Å². The fourth-order valence-corrected chi connectivity index (χ4v) is 3.78. The molecule has 0 bridgehead atoms. The molecule has 1 atom stereocenters. The highest BCUT2D eigenvalue weighted by Gasteiger charge is 2.24. The molecular formula is C24H20ClFN4O2. The van der Waals surface area contributed by atoms with Gasteiger partial charge in [-0.2, -0.15) is 5.10 Å². The van der Waals surface area contributed by atoms with Gasteiger partial charge >= 0.3 is 0 Å². The maximum Gasteiger partial charge on any atom is 0.254 e. The van der Waals surface area contributed by atoms with Crippen molar-refractivity contribution in [1.82, 2.24) is 20.5 Å². The number of carbonyl (C=O) groups is 1. The van der Waals surface area contributed by atoms with E-state index >= 15 is 4.39 Å². The first-order chi connectivity index (χ1) is 15.5. The fourth-order valence-electron chi connectivity index (χ4n) is 3.58. The molecule has 0 aliphatic heterocycles. The summed E-state index contributed by atoms with van der Waals surface area (Å²) in [5.74, 6) is -1.33. The number of H-pyrrole nitrogens is 1. The molecule has 1 amide bonds. The second kappa shape index (κ2) is 9.30. The van der Waals surface area contributed by atoms with Crippen LogP contribution >= 0.6 is 11.6 Å². The predicted molar refractivity (Wildman–Crippen MR) is 121 cm³/mol. The number of nitrogens with one attached hydrogen (secondary N) is 2. The third-order valence-electron chi connectivity index (χ3n) is 5.20. The number of aryl methyl sites for hydroxylation is 1. The number of rotatable bonds is 6. The van der Waals surface area contributed by atoms with Crippen LogP contribution in [0, 0.1) is 12.7 Å². The Bertz CT molecular complexity index is 1260. The smallest absolute Gasteiger partial charge is 0.254 e. The molecule has 1 unspecified atom stereocenters. The Morgan fingerprint density at radius 3 is 2.69 bits per heavy atom. The number of hydrogen-bond acceptors (Lipinski definition) is 4. The van der Waals surface area contributed by atoms with E-state index in [-0.39, 0.29) is 17.7 Å². The Hall–Kier alpha value is -3.55. The van der Waals surface area contributed by atoms with Crippen LogP contribution in [-0.2, 0) is 0 Å². The molecule has 6 nitrogen and oxygen atoms in total. The average molecular weight is 451 g/mol. The van der Waals surface area contributed by atoms with E-state index in [1.54, 1.807) is 61.1 Å². The molecule has 162 valence electrons. The highest BCUT2D eigenvalue weighted by Crippen LogP contribution is 2.36. The number of pyridine rings is 1. The van der Waals surface area contributed by atoms with Crippen LogP contribution in [-0.4, -0.2) is 32.8 Å². The van der Waals surface area contributed by atoms with Gasteiger partial charge in [0.15, 0.2) is 0 Å². The van der Waals surface area contributed by atoms with Crippen LogP contribution in [0.25, 0.3) is 22.3 Å². The first-order valence-electron chi connectivity index (χ1n) is 9.90.